The zero-order valence-corrected chi connectivity index (χ0v) is 27.5. The summed E-state index contributed by atoms with van der Waals surface area (Å²) in [5, 5.41) is 24.8. The van der Waals surface area contributed by atoms with Crippen molar-refractivity contribution < 1.29 is 29.3 Å². The number of amides is 2. The SMILES string of the molecule is COc1cc(CNC(=O)CCCCC=CC(C)C)ccc1O.COc1cc(CNC(=O)CCCCC=CC(C)C)ccc1O. The number of carbonyl (C=O) groups is 2. The molecule has 0 heterocycles. The van der Waals surface area contributed by atoms with Crippen molar-refractivity contribution in [3.05, 3.63) is 71.8 Å². The van der Waals surface area contributed by atoms with Gasteiger partial charge in [-0.3, -0.25) is 9.59 Å². The van der Waals surface area contributed by atoms with Crippen LogP contribution in [0.1, 0.15) is 90.2 Å². The molecule has 8 heteroatoms. The fourth-order valence-corrected chi connectivity index (χ4v) is 4.07. The molecule has 2 amide bonds. The fourth-order valence-electron chi connectivity index (χ4n) is 4.07. The lowest BCUT2D eigenvalue weighted by molar-refractivity contribution is -0.122. The number of allylic oxidation sites excluding steroid dienone is 4. The van der Waals surface area contributed by atoms with Crippen molar-refractivity contribution in [2.24, 2.45) is 11.8 Å². The Hall–Kier alpha value is -3.94. The van der Waals surface area contributed by atoms with Crippen LogP contribution in [-0.4, -0.2) is 36.2 Å². The average Bonchev–Trinajstić information content (AvgIpc) is 2.99. The van der Waals surface area contributed by atoms with Crippen LogP contribution in [0.4, 0.5) is 0 Å². The lowest BCUT2D eigenvalue weighted by Crippen LogP contribution is -2.22. The van der Waals surface area contributed by atoms with Gasteiger partial charge in [0.15, 0.2) is 23.0 Å². The summed E-state index contributed by atoms with van der Waals surface area (Å²) in [4.78, 5) is 23.5. The van der Waals surface area contributed by atoms with E-state index in [2.05, 4.69) is 62.6 Å². The van der Waals surface area contributed by atoms with E-state index in [1.807, 2.05) is 0 Å². The summed E-state index contributed by atoms with van der Waals surface area (Å²) in [7, 11) is 3.01. The molecule has 4 N–H and O–H groups in total. The van der Waals surface area contributed by atoms with Crippen molar-refractivity contribution in [2.75, 3.05) is 14.2 Å². The number of phenols is 2. The molecule has 2 aromatic carbocycles. The van der Waals surface area contributed by atoms with Gasteiger partial charge in [0.05, 0.1) is 14.2 Å². The molecule has 0 saturated heterocycles. The predicted molar refractivity (Wildman–Crippen MR) is 178 cm³/mol. The fraction of sp³-hybridized carbons (Fsp3) is 0.500. The molecule has 0 aliphatic carbocycles. The molecule has 0 aliphatic heterocycles. The van der Waals surface area contributed by atoms with E-state index in [1.54, 1.807) is 36.4 Å². The smallest absolute Gasteiger partial charge is 0.220 e. The molecule has 0 aromatic heterocycles. The number of methoxy groups -OCH3 is 2. The highest BCUT2D eigenvalue weighted by Gasteiger charge is 2.06. The summed E-state index contributed by atoms with van der Waals surface area (Å²) in [6.45, 7) is 9.51. The Labute approximate surface area is 264 Å². The number of rotatable bonds is 18. The van der Waals surface area contributed by atoms with Crippen LogP contribution >= 0.6 is 0 Å². The summed E-state index contributed by atoms with van der Waals surface area (Å²) >= 11 is 0. The van der Waals surface area contributed by atoms with Gasteiger partial charge in [0.25, 0.3) is 0 Å². The standard InChI is InChI=1S/2C18H27NO3/c2*1-14(2)8-6-4-5-7-9-18(21)19-13-15-10-11-16(20)17(12-15)22-3/h2*6,8,10-12,14,20H,4-5,7,9,13H2,1-3H3,(H,19,21). The Morgan fingerprint density at radius 2 is 1.07 bits per heavy atom. The minimum Gasteiger partial charge on any atom is -0.504 e. The van der Waals surface area contributed by atoms with E-state index in [4.69, 9.17) is 9.47 Å². The van der Waals surface area contributed by atoms with E-state index in [9.17, 15) is 19.8 Å². The Bertz CT molecular complexity index is 1080. The Kier molecular flexibility index (Phi) is 19.5. The molecule has 0 saturated carbocycles. The van der Waals surface area contributed by atoms with E-state index >= 15 is 0 Å². The maximum atomic E-state index is 11.8. The van der Waals surface area contributed by atoms with Crippen molar-refractivity contribution >= 4 is 11.8 Å². The van der Waals surface area contributed by atoms with Gasteiger partial charge in [0, 0.05) is 25.9 Å². The molecule has 0 atom stereocenters. The van der Waals surface area contributed by atoms with Gasteiger partial charge in [-0.2, -0.15) is 0 Å². The highest BCUT2D eigenvalue weighted by Crippen LogP contribution is 2.27. The monoisotopic (exact) mass is 610 g/mol. The molecule has 0 fully saturated rings. The molecule has 0 spiro atoms. The molecule has 8 nitrogen and oxygen atoms in total. The minimum atomic E-state index is 0.0554. The Balaban J connectivity index is 0.000000440. The first kappa shape index (κ1) is 38.1. The second kappa shape index (κ2) is 22.6. The number of nitrogens with one attached hydrogen (secondary N) is 2. The van der Waals surface area contributed by atoms with Gasteiger partial charge in [-0.1, -0.05) is 64.1 Å². The van der Waals surface area contributed by atoms with Crippen molar-refractivity contribution in [2.45, 2.75) is 92.2 Å². The van der Waals surface area contributed by atoms with Crippen LogP contribution in [0, 0.1) is 11.8 Å². The van der Waals surface area contributed by atoms with Crippen molar-refractivity contribution in [3.8, 4) is 23.0 Å². The first-order valence-electron chi connectivity index (χ1n) is 15.6. The summed E-state index contributed by atoms with van der Waals surface area (Å²) in [5.74, 6) is 2.34. The van der Waals surface area contributed by atoms with Crippen LogP contribution < -0.4 is 20.1 Å². The lowest BCUT2D eigenvalue weighted by Gasteiger charge is -2.08. The number of aromatic hydroxyl groups is 2. The third-order valence-corrected chi connectivity index (χ3v) is 6.56. The predicted octanol–water partition coefficient (Wildman–Crippen LogP) is 7.58. The molecule has 0 bridgehead atoms. The number of ether oxygens (including phenoxy) is 2. The molecular weight excluding hydrogens is 556 g/mol. The number of hydrogen-bond donors (Lipinski definition) is 4. The van der Waals surface area contributed by atoms with Gasteiger partial charge in [-0.25, -0.2) is 0 Å². The van der Waals surface area contributed by atoms with Crippen LogP contribution in [-0.2, 0) is 22.7 Å². The van der Waals surface area contributed by atoms with Crippen molar-refractivity contribution in [3.63, 3.8) is 0 Å². The molecule has 44 heavy (non-hydrogen) atoms. The maximum Gasteiger partial charge on any atom is 0.220 e. The van der Waals surface area contributed by atoms with Gasteiger partial charge in [-0.05, 0) is 85.8 Å². The molecular formula is C36H54N2O6. The zero-order valence-electron chi connectivity index (χ0n) is 27.5. The number of carbonyl (C=O) groups excluding carboxylic acids is 2. The highest BCUT2D eigenvalue weighted by molar-refractivity contribution is 5.76. The lowest BCUT2D eigenvalue weighted by atomic mass is 10.1. The largest absolute Gasteiger partial charge is 0.504 e. The summed E-state index contributed by atoms with van der Waals surface area (Å²) < 4.78 is 10.1. The molecule has 2 rings (SSSR count). The minimum absolute atomic E-state index is 0.0554. The topological polar surface area (TPSA) is 117 Å². The second-order valence-electron chi connectivity index (χ2n) is 11.4. The molecule has 0 unspecified atom stereocenters. The van der Waals surface area contributed by atoms with Gasteiger partial charge >= 0.3 is 0 Å². The second-order valence-corrected chi connectivity index (χ2v) is 11.4. The third-order valence-electron chi connectivity index (χ3n) is 6.56. The highest BCUT2D eigenvalue weighted by atomic mass is 16.5. The molecule has 2 aromatic rings. The summed E-state index contributed by atoms with van der Waals surface area (Å²) in [6.07, 6.45) is 15.8. The number of hydrogen-bond acceptors (Lipinski definition) is 6. The summed E-state index contributed by atoms with van der Waals surface area (Å²) in [5.41, 5.74) is 1.81. The normalized spacial score (nSPS) is 11.1. The third kappa shape index (κ3) is 17.9. The van der Waals surface area contributed by atoms with Crippen LogP contribution in [0.25, 0.3) is 0 Å². The van der Waals surface area contributed by atoms with E-state index < -0.39 is 0 Å². The number of benzene rings is 2. The van der Waals surface area contributed by atoms with E-state index in [0.29, 0.717) is 49.3 Å². The number of phenolic OH excluding ortho intramolecular Hbond substituents is 2. The van der Waals surface area contributed by atoms with Crippen LogP contribution in [0.3, 0.4) is 0 Å². The van der Waals surface area contributed by atoms with E-state index in [-0.39, 0.29) is 23.3 Å². The first-order chi connectivity index (χ1) is 21.0. The molecule has 0 aliphatic rings. The summed E-state index contributed by atoms with van der Waals surface area (Å²) in [6, 6.07) is 10.1. The Morgan fingerprint density at radius 1 is 0.682 bits per heavy atom. The van der Waals surface area contributed by atoms with Crippen LogP contribution in [0.15, 0.2) is 60.7 Å². The molecule has 244 valence electrons. The quantitative estimate of drug-likeness (QED) is 0.102. The van der Waals surface area contributed by atoms with Crippen molar-refractivity contribution in [1.29, 1.82) is 0 Å². The Morgan fingerprint density at radius 3 is 1.41 bits per heavy atom. The van der Waals surface area contributed by atoms with Crippen LogP contribution in [0.2, 0.25) is 0 Å². The van der Waals surface area contributed by atoms with Gasteiger partial charge < -0.3 is 30.3 Å². The number of unbranched alkanes of at least 4 members (excludes halogenated alkanes) is 4. The van der Waals surface area contributed by atoms with Gasteiger partial charge in [0.2, 0.25) is 11.8 Å². The van der Waals surface area contributed by atoms with Crippen molar-refractivity contribution in [1.82, 2.24) is 10.6 Å². The average molecular weight is 611 g/mol. The van der Waals surface area contributed by atoms with E-state index in [0.717, 1.165) is 49.7 Å². The van der Waals surface area contributed by atoms with Gasteiger partial charge in [-0.15, -0.1) is 0 Å². The van der Waals surface area contributed by atoms with Crippen LogP contribution in [0.5, 0.6) is 23.0 Å². The molecule has 0 radical (unpaired) electrons. The maximum absolute atomic E-state index is 11.8. The van der Waals surface area contributed by atoms with Gasteiger partial charge in [0.1, 0.15) is 0 Å². The zero-order chi connectivity index (χ0) is 32.7. The first-order valence-corrected chi connectivity index (χ1v) is 15.6. The van der Waals surface area contributed by atoms with E-state index in [1.165, 1.54) is 14.2 Å².